The molecule has 114 valence electrons. The molecular weight excluding hydrogens is 308 g/mol. The van der Waals surface area contributed by atoms with Gasteiger partial charge in [-0.1, -0.05) is 5.70 Å². The molecule has 0 aromatic heterocycles. The van der Waals surface area contributed by atoms with E-state index in [0.717, 1.165) is 0 Å². The zero-order chi connectivity index (χ0) is 15.5. The highest BCUT2D eigenvalue weighted by Crippen LogP contribution is 2.24. The molecule has 8 heteroatoms. The van der Waals surface area contributed by atoms with Crippen molar-refractivity contribution >= 4 is 34.0 Å². The molecule has 0 aromatic carbocycles. The Bertz CT molecular complexity index is 314. The Morgan fingerprint density at radius 2 is 1.16 bits per heavy atom. The molecule has 0 radical (unpaired) electrons. The van der Waals surface area contributed by atoms with E-state index in [0.29, 0.717) is 0 Å². The van der Waals surface area contributed by atoms with E-state index in [4.69, 9.17) is 16.8 Å². The average Bonchev–Trinajstić information content (AvgIpc) is 2.10. The van der Waals surface area contributed by atoms with Crippen LogP contribution in [0.5, 0.6) is 0 Å². The van der Waals surface area contributed by atoms with Crippen LogP contribution in [0.1, 0.15) is 0 Å². The van der Waals surface area contributed by atoms with Crippen molar-refractivity contribution in [2.24, 2.45) is 0 Å². The number of rotatable bonds is 8. The Balaban J connectivity index is 4.81. The van der Waals surface area contributed by atoms with Gasteiger partial charge in [-0.2, -0.15) is 0 Å². The quantitative estimate of drug-likeness (QED) is 0.632. The van der Waals surface area contributed by atoms with Gasteiger partial charge in [-0.15, -0.1) is 6.58 Å². The lowest BCUT2D eigenvalue weighted by Gasteiger charge is -2.39. The first kappa shape index (κ1) is 19.4. The van der Waals surface area contributed by atoms with Crippen LogP contribution in [-0.2, 0) is 16.8 Å². The summed E-state index contributed by atoms with van der Waals surface area (Å²) in [4.78, 5) is 0. The van der Waals surface area contributed by atoms with Gasteiger partial charge < -0.3 is 16.8 Å². The molecular formula is C11H30O4Si4. The summed E-state index contributed by atoms with van der Waals surface area (Å²) in [7, 11) is -6.71. The van der Waals surface area contributed by atoms with E-state index in [2.05, 4.69) is 39.3 Å². The summed E-state index contributed by atoms with van der Waals surface area (Å²) in [6, 6.07) is 0. The molecule has 0 rings (SSSR count). The highest BCUT2D eigenvalue weighted by molar-refractivity contribution is 6.89. The van der Waals surface area contributed by atoms with E-state index >= 15 is 0 Å². The standard InChI is InChI=1S/C11H30O4Si4/c1-11-19(10,12-2)15-18(8,9)14-17(6,7)13-16(3,4)5/h11H,1H2,2-10H3. The molecule has 0 aliphatic rings. The summed E-state index contributed by atoms with van der Waals surface area (Å²) in [5.74, 6) is 0. The van der Waals surface area contributed by atoms with Gasteiger partial charge in [0, 0.05) is 7.11 Å². The third-order valence-electron chi connectivity index (χ3n) is 2.27. The number of hydrogen-bond acceptors (Lipinski definition) is 4. The fraction of sp³-hybridized carbons (Fsp3) is 0.818. The topological polar surface area (TPSA) is 36.9 Å². The van der Waals surface area contributed by atoms with Crippen molar-refractivity contribution in [1.29, 1.82) is 0 Å². The molecule has 0 amide bonds. The van der Waals surface area contributed by atoms with Crippen molar-refractivity contribution in [2.45, 2.75) is 52.4 Å². The Kier molecular flexibility index (Phi) is 6.63. The van der Waals surface area contributed by atoms with Crippen LogP contribution in [-0.4, -0.2) is 41.1 Å². The second-order valence-corrected chi connectivity index (χ2v) is 21.8. The summed E-state index contributed by atoms with van der Waals surface area (Å²) >= 11 is 0. The molecule has 0 heterocycles. The second kappa shape index (κ2) is 6.48. The summed E-state index contributed by atoms with van der Waals surface area (Å²) < 4.78 is 24.1. The number of hydrogen-bond donors (Lipinski definition) is 0. The Morgan fingerprint density at radius 3 is 1.47 bits per heavy atom. The zero-order valence-corrected chi connectivity index (χ0v) is 17.9. The lowest BCUT2D eigenvalue weighted by atomic mass is 11.3. The van der Waals surface area contributed by atoms with Crippen molar-refractivity contribution in [1.82, 2.24) is 0 Å². The normalized spacial score (nSPS) is 17.1. The lowest BCUT2D eigenvalue weighted by molar-refractivity contribution is 0.270. The molecule has 0 saturated heterocycles. The molecule has 1 atom stereocenters. The minimum atomic E-state index is -2.31. The van der Waals surface area contributed by atoms with Crippen LogP contribution in [0.15, 0.2) is 12.3 Å². The molecule has 0 aliphatic carbocycles. The minimum Gasteiger partial charge on any atom is -0.437 e. The zero-order valence-electron chi connectivity index (χ0n) is 13.9. The highest BCUT2D eigenvalue weighted by atomic mass is 28.5. The molecule has 0 saturated carbocycles. The Morgan fingerprint density at radius 1 is 0.737 bits per heavy atom. The second-order valence-electron chi connectivity index (χ2n) is 6.64. The molecule has 1 unspecified atom stereocenters. The summed E-state index contributed by atoms with van der Waals surface area (Å²) in [5.41, 5.74) is 1.79. The van der Waals surface area contributed by atoms with Gasteiger partial charge in [0.25, 0.3) is 0 Å². The van der Waals surface area contributed by atoms with Gasteiger partial charge in [-0.3, -0.25) is 0 Å². The van der Waals surface area contributed by atoms with Crippen LogP contribution in [0.25, 0.3) is 0 Å². The smallest absolute Gasteiger partial charge is 0.352 e. The molecule has 4 nitrogen and oxygen atoms in total. The molecule has 0 aromatic rings. The van der Waals surface area contributed by atoms with Crippen LogP contribution in [0.2, 0.25) is 52.4 Å². The van der Waals surface area contributed by atoms with Crippen molar-refractivity contribution in [2.75, 3.05) is 7.11 Å². The molecule has 19 heavy (non-hydrogen) atoms. The first-order valence-electron chi connectivity index (χ1n) is 6.53. The maximum atomic E-state index is 6.28. The largest absolute Gasteiger partial charge is 0.437 e. The molecule has 0 spiro atoms. The first-order valence-corrected chi connectivity index (χ1v) is 18.0. The molecule has 0 bridgehead atoms. The van der Waals surface area contributed by atoms with Crippen molar-refractivity contribution in [3.8, 4) is 0 Å². The van der Waals surface area contributed by atoms with E-state index < -0.39 is 34.0 Å². The summed E-state index contributed by atoms with van der Waals surface area (Å²) in [6.45, 7) is 20.6. The predicted molar refractivity (Wildman–Crippen MR) is 90.4 cm³/mol. The van der Waals surface area contributed by atoms with Crippen LogP contribution >= 0.6 is 0 Å². The van der Waals surface area contributed by atoms with Gasteiger partial charge in [-0.05, 0) is 52.4 Å². The third kappa shape index (κ3) is 8.35. The van der Waals surface area contributed by atoms with Gasteiger partial charge in [0.1, 0.15) is 0 Å². The molecule has 0 aliphatic heterocycles. The maximum absolute atomic E-state index is 6.28. The minimum absolute atomic E-state index is 1.60. The van der Waals surface area contributed by atoms with Crippen LogP contribution < -0.4 is 0 Å². The Hall–Kier alpha value is 0.448. The van der Waals surface area contributed by atoms with Gasteiger partial charge in [0.15, 0.2) is 8.32 Å². The van der Waals surface area contributed by atoms with Gasteiger partial charge in [0.05, 0.1) is 0 Å². The molecule has 0 fully saturated rings. The van der Waals surface area contributed by atoms with Crippen LogP contribution in [0.3, 0.4) is 0 Å². The Labute approximate surface area is 123 Å². The van der Waals surface area contributed by atoms with Gasteiger partial charge in [-0.25, -0.2) is 0 Å². The van der Waals surface area contributed by atoms with Crippen LogP contribution in [0.4, 0.5) is 0 Å². The fourth-order valence-electron chi connectivity index (χ4n) is 2.03. The summed E-state index contributed by atoms with van der Waals surface area (Å²) in [6.07, 6.45) is 0. The maximum Gasteiger partial charge on any atom is 0.352 e. The lowest BCUT2D eigenvalue weighted by Crippen LogP contribution is -2.56. The van der Waals surface area contributed by atoms with Crippen molar-refractivity contribution < 1.29 is 16.8 Å². The SMILES string of the molecule is C=C[Si](C)(OC)O[Si](C)(C)O[Si](C)(C)O[Si](C)(C)C. The van der Waals surface area contributed by atoms with Crippen molar-refractivity contribution in [3.05, 3.63) is 12.3 Å². The first-order chi connectivity index (χ1) is 8.24. The van der Waals surface area contributed by atoms with E-state index in [1.165, 1.54) is 0 Å². The summed E-state index contributed by atoms with van der Waals surface area (Å²) in [5, 5.41) is 0. The van der Waals surface area contributed by atoms with Gasteiger partial charge in [0.2, 0.25) is 0 Å². The van der Waals surface area contributed by atoms with E-state index in [1.807, 2.05) is 19.6 Å². The monoisotopic (exact) mass is 338 g/mol. The van der Waals surface area contributed by atoms with E-state index in [-0.39, 0.29) is 0 Å². The van der Waals surface area contributed by atoms with E-state index in [1.54, 1.807) is 12.8 Å². The third-order valence-corrected chi connectivity index (χ3v) is 15.8. The van der Waals surface area contributed by atoms with Crippen LogP contribution in [0, 0.1) is 0 Å². The highest BCUT2D eigenvalue weighted by Gasteiger charge is 2.43. The van der Waals surface area contributed by atoms with Gasteiger partial charge >= 0.3 is 25.7 Å². The van der Waals surface area contributed by atoms with E-state index in [9.17, 15) is 0 Å². The average molecular weight is 339 g/mol. The fourth-order valence-corrected chi connectivity index (χ4v) is 18.5. The molecule has 0 N–H and O–H groups in total. The van der Waals surface area contributed by atoms with Crippen molar-refractivity contribution in [3.63, 3.8) is 0 Å². The predicted octanol–water partition coefficient (Wildman–Crippen LogP) is 3.72.